The van der Waals surface area contributed by atoms with Crippen LogP contribution in [0.15, 0.2) is 53.8 Å². The molecule has 0 aliphatic carbocycles. The van der Waals surface area contributed by atoms with Crippen LogP contribution in [0.1, 0.15) is 25.0 Å². The molecule has 0 spiro atoms. The van der Waals surface area contributed by atoms with Crippen molar-refractivity contribution < 1.29 is 0 Å². The van der Waals surface area contributed by atoms with Gasteiger partial charge >= 0.3 is 0 Å². The molecule has 0 bridgehead atoms. The molecule has 0 N–H and O–H groups in total. The molecule has 0 aliphatic heterocycles. The van der Waals surface area contributed by atoms with E-state index in [4.69, 9.17) is 0 Å². The fourth-order valence-corrected chi connectivity index (χ4v) is 2.25. The molecular weight excluding hydrogens is 236 g/mol. The third-order valence-electron chi connectivity index (χ3n) is 3.22. The van der Waals surface area contributed by atoms with Gasteiger partial charge in [0.1, 0.15) is 0 Å². The molecule has 0 amide bonds. The van der Waals surface area contributed by atoms with Crippen LogP contribution in [0.3, 0.4) is 0 Å². The Kier molecular flexibility index (Phi) is 4.39. The van der Waals surface area contributed by atoms with Crippen molar-refractivity contribution in [3.63, 3.8) is 0 Å². The van der Waals surface area contributed by atoms with Crippen LogP contribution >= 0.6 is 0 Å². The molecule has 2 aromatic rings. The summed E-state index contributed by atoms with van der Waals surface area (Å²) in [4.78, 5) is 12.1. The van der Waals surface area contributed by atoms with Gasteiger partial charge in [0, 0.05) is 18.3 Å². The van der Waals surface area contributed by atoms with Crippen LogP contribution in [0.25, 0.3) is 5.69 Å². The van der Waals surface area contributed by atoms with Gasteiger partial charge in [0.05, 0.1) is 5.69 Å². The minimum atomic E-state index is 0.0346. The molecule has 2 rings (SSSR count). The zero-order valence-corrected chi connectivity index (χ0v) is 11.4. The number of nitrogens with zero attached hydrogens (tertiary/aromatic N) is 2. The summed E-state index contributed by atoms with van der Waals surface area (Å²) in [7, 11) is 0. The smallest absolute Gasteiger partial charge is 0.271 e. The maximum Gasteiger partial charge on any atom is 0.271 e. The predicted octanol–water partition coefficient (Wildman–Crippen LogP) is 3.30. The van der Waals surface area contributed by atoms with Crippen LogP contribution in [-0.2, 0) is 6.54 Å². The molecule has 3 nitrogen and oxygen atoms in total. The van der Waals surface area contributed by atoms with Crippen molar-refractivity contribution >= 4 is 0 Å². The minimum Gasteiger partial charge on any atom is -0.282 e. The highest BCUT2D eigenvalue weighted by Gasteiger charge is 2.09. The molecule has 100 valence electrons. The van der Waals surface area contributed by atoms with Crippen LogP contribution in [-0.4, -0.2) is 9.36 Å². The van der Waals surface area contributed by atoms with E-state index in [0.29, 0.717) is 0 Å². The lowest BCUT2D eigenvalue weighted by Crippen LogP contribution is -2.21. The van der Waals surface area contributed by atoms with Gasteiger partial charge in [0.15, 0.2) is 0 Å². The van der Waals surface area contributed by atoms with Gasteiger partial charge in [-0.15, -0.1) is 6.58 Å². The third-order valence-corrected chi connectivity index (χ3v) is 3.22. The van der Waals surface area contributed by atoms with Crippen molar-refractivity contribution in [3.8, 4) is 5.69 Å². The minimum absolute atomic E-state index is 0.0346. The molecule has 0 radical (unpaired) electrons. The monoisotopic (exact) mass is 256 g/mol. The average Bonchev–Trinajstić information content (AvgIpc) is 2.70. The van der Waals surface area contributed by atoms with Crippen LogP contribution in [0.4, 0.5) is 0 Å². The number of benzene rings is 1. The van der Waals surface area contributed by atoms with Gasteiger partial charge in [-0.3, -0.25) is 9.48 Å². The van der Waals surface area contributed by atoms with Crippen LogP contribution in [0, 0.1) is 6.92 Å². The van der Waals surface area contributed by atoms with Crippen molar-refractivity contribution in [3.05, 3.63) is 65.1 Å². The maximum atomic E-state index is 12.1. The van der Waals surface area contributed by atoms with E-state index < -0.39 is 0 Å². The van der Waals surface area contributed by atoms with E-state index in [-0.39, 0.29) is 5.56 Å². The summed E-state index contributed by atoms with van der Waals surface area (Å²) >= 11 is 0. The number of rotatable bonds is 6. The first-order chi connectivity index (χ1) is 9.24. The summed E-state index contributed by atoms with van der Waals surface area (Å²) < 4.78 is 3.81. The van der Waals surface area contributed by atoms with Crippen molar-refractivity contribution in [2.45, 2.75) is 32.7 Å². The zero-order valence-electron chi connectivity index (χ0n) is 11.4. The molecule has 1 heterocycles. The summed E-state index contributed by atoms with van der Waals surface area (Å²) in [5.74, 6) is 0. The Morgan fingerprint density at radius 3 is 2.63 bits per heavy atom. The zero-order chi connectivity index (χ0) is 13.7. The molecule has 0 unspecified atom stereocenters. The molecule has 3 heteroatoms. The molecule has 19 heavy (non-hydrogen) atoms. The highest BCUT2D eigenvalue weighted by atomic mass is 16.1. The Morgan fingerprint density at radius 1 is 1.21 bits per heavy atom. The van der Waals surface area contributed by atoms with Crippen molar-refractivity contribution in [2.24, 2.45) is 0 Å². The van der Waals surface area contributed by atoms with Crippen LogP contribution < -0.4 is 5.56 Å². The molecule has 0 fully saturated rings. The second-order valence-corrected chi connectivity index (χ2v) is 4.68. The van der Waals surface area contributed by atoms with Gasteiger partial charge in [0.2, 0.25) is 0 Å². The summed E-state index contributed by atoms with van der Waals surface area (Å²) in [5.41, 5.74) is 1.96. The molecule has 0 saturated carbocycles. The van der Waals surface area contributed by atoms with E-state index in [2.05, 4.69) is 11.3 Å². The Bertz CT molecular complexity index is 593. The normalized spacial score (nSPS) is 10.6. The molecule has 0 atom stereocenters. The number of para-hydroxylation sites is 1. The van der Waals surface area contributed by atoms with E-state index in [1.807, 2.05) is 43.3 Å². The largest absolute Gasteiger partial charge is 0.282 e. The van der Waals surface area contributed by atoms with Gasteiger partial charge in [-0.1, -0.05) is 24.3 Å². The summed E-state index contributed by atoms with van der Waals surface area (Å²) in [6, 6.07) is 11.5. The summed E-state index contributed by atoms with van der Waals surface area (Å²) in [6.45, 7) is 6.57. The SMILES string of the molecule is C=CCCCCn1c(C)cc(=O)n1-c1ccccc1. The molecule has 0 saturated heterocycles. The predicted molar refractivity (Wildman–Crippen MR) is 78.8 cm³/mol. The van der Waals surface area contributed by atoms with Gasteiger partial charge in [-0.25, -0.2) is 4.68 Å². The van der Waals surface area contributed by atoms with Gasteiger partial charge < -0.3 is 0 Å². The quantitative estimate of drug-likeness (QED) is 0.575. The number of allylic oxidation sites excluding steroid dienone is 1. The van der Waals surface area contributed by atoms with E-state index in [9.17, 15) is 4.79 Å². The highest BCUT2D eigenvalue weighted by molar-refractivity contribution is 5.31. The molecule has 1 aromatic heterocycles. The van der Waals surface area contributed by atoms with Crippen molar-refractivity contribution in [1.82, 2.24) is 9.36 Å². The lowest BCUT2D eigenvalue weighted by Gasteiger charge is -2.13. The van der Waals surface area contributed by atoms with Crippen molar-refractivity contribution in [2.75, 3.05) is 0 Å². The first kappa shape index (κ1) is 13.4. The Morgan fingerprint density at radius 2 is 1.95 bits per heavy atom. The highest BCUT2D eigenvalue weighted by Crippen LogP contribution is 2.09. The topological polar surface area (TPSA) is 26.9 Å². The summed E-state index contributed by atoms with van der Waals surface area (Å²) in [6.07, 6.45) is 5.11. The Balaban J connectivity index is 2.28. The van der Waals surface area contributed by atoms with Gasteiger partial charge in [-0.05, 0) is 38.3 Å². The lowest BCUT2D eigenvalue weighted by atomic mass is 10.2. The maximum absolute atomic E-state index is 12.1. The Hall–Kier alpha value is -2.03. The molecule has 0 aliphatic rings. The second kappa shape index (κ2) is 6.23. The van der Waals surface area contributed by atoms with Gasteiger partial charge in [0.25, 0.3) is 5.56 Å². The molecular formula is C16H20N2O. The fraction of sp³-hybridized carbons (Fsp3) is 0.312. The number of hydrogen-bond donors (Lipinski definition) is 0. The van der Waals surface area contributed by atoms with Crippen LogP contribution in [0.5, 0.6) is 0 Å². The van der Waals surface area contributed by atoms with E-state index in [0.717, 1.165) is 37.2 Å². The van der Waals surface area contributed by atoms with E-state index in [1.54, 1.807) is 10.7 Å². The number of hydrogen-bond acceptors (Lipinski definition) is 1. The fourth-order valence-electron chi connectivity index (χ4n) is 2.25. The first-order valence-electron chi connectivity index (χ1n) is 6.70. The van der Waals surface area contributed by atoms with E-state index >= 15 is 0 Å². The molecule has 1 aromatic carbocycles. The third kappa shape index (κ3) is 3.05. The average molecular weight is 256 g/mol. The number of aryl methyl sites for hydroxylation is 1. The second-order valence-electron chi connectivity index (χ2n) is 4.68. The van der Waals surface area contributed by atoms with E-state index in [1.165, 1.54) is 0 Å². The Labute approximate surface area is 113 Å². The van der Waals surface area contributed by atoms with Gasteiger partial charge in [-0.2, -0.15) is 0 Å². The first-order valence-corrected chi connectivity index (χ1v) is 6.70. The number of unbranched alkanes of at least 4 members (excludes halogenated alkanes) is 2. The number of aromatic nitrogens is 2. The van der Waals surface area contributed by atoms with Crippen molar-refractivity contribution in [1.29, 1.82) is 0 Å². The van der Waals surface area contributed by atoms with Crippen LogP contribution in [0.2, 0.25) is 0 Å². The lowest BCUT2D eigenvalue weighted by molar-refractivity contribution is 0.499. The standard InChI is InChI=1S/C16H20N2O/c1-3-4-5-9-12-17-14(2)13-16(19)18(17)15-10-7-6-8-11-15/h3,6-8,10-11,13H,1,4-5,9,12H2,2H3. The summed E-state index contributed by atoms with van der Waals surface area (Å²) in [5, 5.41) is 0.